The highest BCUT2D eigenvalue weighted by atomic mass is 32.2. The highest BCUT2D eigenvalue weighted by Gasteiger charge is 2.49. The molecule has 2 bridgehead atoms. The molecule has 3 saturated heterocycles. The molecule has 8 heteroatoms. The molecule has 21 heavy (non-hydrogen) atoms. The third-order valence-electron chi connectivity index (χ3n) is 5.06. The summed E-state index contributed by atoms with van der Waals surface area (Å²) in [7, 11) is -3.27. The second-order valence-electron chi connectivity index (χ2n) is 6.30. The number of hydrogen-bond acceptors (Lipinski definition) is 4. The molecule has 116 valence electrons. The molecule has 2 atom stereocenters. The number of aromatic nitrogens is 3. The maximum atomic E-state index is 12.9. The molecule has 2 unspecified atom stereocenters. The molecule has 0 aliphatic carbocycles. The lowest BCUT2D eigenvalue weighted by Crippen LogP contribution is -2.52. The normalized spacial score (nSPS) is 34.6. The average molecular weight is 311 g/mol. The summed E-state index contributed by atoms with van der Waals surface area (Å²) in [6.07, 6.45) is 8.95. The van der Waals surface area contributed by atoms with E-state index in [1.807, 2.05) is 0 Å². The van der Waals surface area contributed by atoms with E-state index in [1.165, 1.54) is 0 Å². The monoisotopic (exact) mass is 311 g/mol. The smallest absolute Gasteiger partial charge is 0.195 e. The minimum absolute atomic E-state index is 0.116. The predicted octanol–water partition coefficient (Wildman–Crippen LogP) is 0.787. The molecule has 4 heterocycles. The fourth-order valence-corrected chi connectivity index (χ4v) is 6.26. The highest BCUT2D eigenvalue weighted by molar-refractivity contribution is 7.86. The van der Waals surface area contributed by atoms with Crippen LogP contribution in [0.1, 0.15) is 44.6 Å². The van der Waals surface area contributed by atoms with Gasteiger partial charge in [0.05, 0.1) is 18.4 Å². The molecule has 3 fully saturated rings. The van der Waals surface area contributed by atoms with Crippen molar-refractivity contribution in [2.24, 2.45) is 0 Å². The van der Waals surface area contributed by atoms with E-state index in [0.717, 1.165) is 38.5 Å². The Labute approximate surface area is 125 Å². The van der Waals surface area contributed by atoms with Crippen molar-refractivity contribution in [2.75, 3.05) is 13.1 Å². The van der Waals surface area contributed by atoms with Crippen molar-refractivity contribution in [1.29, 1.82) is 0 Å². The molecule has 4 rings (SSSR count). The van der Waals surface area contributed by atoms with Crippen molar-refractivity contribution >= 4 is 10.2 Å². The first-order chi connectivity index (χ1) is 10.2. The van der Waals surface area contributed by atoms with Crippen LogP contribution >= 0.6 is 0 Å². The minimum atomic E-state index is -3.27. The van der Waals surface area contributed by atoms with Crippen LogP contribution in [0.2, 0.25) is 0 Å². The van der Waals surface area contributed by atoms with Crippen molar-refractivity contribution < 1.29 is 8.42 Å². The van der Waals surface area contributed by atoms with Gasteiger partial charge in [-0.3, -0.25) is 0 Å². The SMILES string of the molecule is O=S(=O)(N1CCCC1)N1C2CCC1CC(n1nccn1)C2. The van der Waals surface area contributed by atoms with Gasteiger partial charge in [-0.15, -0.1) is 0 Å². The third kappa shape index (κ3) is 2.20. The summed E-state index contributed by atoms with van der Waals surface area (Å²) < 4.78 is 29.2. The minimum Gasteiger partial charge on any atom is -0.195 e. The topological polar surface area (TPSA) is 71.3 Å². The van der Waals surface area contributed by atoms with E-state index in [0.29, 0.717) is 13.1 Å². The van der Waals surface area contributed by atoms with Gasteiger partial charge < -0.3 is 0 Å². The molecular weight excluding hydrogens is 290 g/mol. The third-order valence-corrected chi connectivity index (χ3v) is 7.21. The lowest BCUT2D eigenvalue weighted by molar-refractivity contribution is 0.166. The van der Waals surface area contributed by atoms with Gasteiger partial charge in [-0.05, 0) is 38.5 Å². The zero-order chi connectivity index (χ0) is 14.4. The fraction of sp³-hybridized carbons (Fsp3) is 0.846. The Bertz CT molecular complexity index is 582. The lowest BCUT2D eigenvalue weighted by atomic mass is 10.0. The van der Waals surface area contributed by atoms with Crippen molar-refractivity contribution in [3.63, 3.8) is 0 Å². The Balaban J connectivity index is 1.57. The van der Waals surface area contributed by atoms with E-state index in [9.17, 15) is 8.42 Å². The highest BCUT2D eigenvalue weighted by Crippen LogP contribution is 2.42. The van der Waals surface area contributed by atoms with Crippen LogP contribution in [-0.4, -0.2) is 57.2 Å². The molecule has 0 radical (unpaired) electrons. The molecule has 0 N–H and O–H groups in total. The number of fused-ring (bicyclic) bond motifs is 2. The van der Waals surface area contributed by atoms with Crippen LogP contribution in [0.25, 0.3) is 0 Å². The lowest BCUT2D eigenvalue weighted by Gasteiger charge is -2.39. The van der Waals surface area contributed by atoms with E-state index in [4.69, 9.17) is 0 Å². The Hall–Kier alpha value is -0.990. The van der Waals surface area contributed by atoms with Gasteiger partial charge in [0, 0.05) is 25.2 Å². The van der Waals surface area contributed by atoms with E-state index >= 15 is 0 Å². The Morgan fingerprint density at radius 3 is 2.05 bits per heavy atom. The fourth-order valence-electron chi connectivity index (χ4n) is 4.14. The number of piperidine rings is 1. The summed E-state index contributed by atoms with van der Waals surface area (Å²) >= 11 is 0. The van der Waals surface area contributed by atoms with Crippen LogP contribution in [0.5, 0.6) is 0 Å². The molecule has 1 aromatic rings. The van der Waals surface area contributed by atoms with Gasteiger partial charge in [0.15, 0.2) is 0 Å². The Morgan fingerprint density at radius 2 is 1.48 bits per heavy atom. The number of hydrogen-bond donors (Lipinski definition) is 0. The largest absolute Gasteiger partial charge is 0.282 e. The molecule has 0 saturated carbocycles. The summed E-state index contributed by atoms with van der Waals surface area (Å²) in [5.41, 5.74) is 0. The zero-order valence-corrected chi connectivity index (χ0v) is 12.8. The van der Waals surface area contributed by atoms with Crippen LogP contribution in [0.4, 0.5) is 0 Å². The molecule has 3 aliphatic heterocycles. The van der Waals surface area contributed by atoms with Gasteiger partial charge >= 0.3 is 0 Å². The van der Waals surface area contributed by atoms with Gasteiger partial charge in [0.25, 0.3) is 10.2 Å². The quantitative estimate of drug-likeness (QED) is 0.827. The van der Waals surface area contributed by atoms with Crippen molar-refractivity contribution in [3.8, 4) is 0 Å². The van der Waals surface area contributed by atoms with Crippen molar-refractivity contribution in [2.45, 2.75) is 56.7 Å². The number of rotatable bonds is 3. The molecule has 1 aromatic heterocycles. The van der Waals surface area contributed by atoms with Gasteiger partial charge in [0.1, 0.15) is 0 Å². The maximum Gasteiger partial charge on any atom is 0.282 e. The molecular formula is C13H21N5O2S. The first-order valence-corrected chi connectivity index (χ1v) is 9.20. The standard InChI is InChI=1S/C13H21N5O2S/c19-21(20,16-7-1-2-8-16)17-11-3-4-12(17)10-13(9-11)18-14-5-6-15-18/h5-6,11-13H,1-4,7-10H2. The molecule has 0 amide bonds. The summed E-state index contributed by atoms with van der Waals surface area (Å²) in [5, 5.41) is 8.46. The van der Waals surface area contributed by atoms with Crippen LogP contribution in [0.15, 0.2) is 12.4 Å². The van der Waals surface area contributed by atoms with Gasteiger partial charge in [-0.25, -0.2) is 0 Å². The van der Waals surface area contributed by atoms with Crippen molar-refractivity contribution in [3.05, 3.63) is 12.4 Å². The van der Waals surface area contributed by atoms with E-state index in [-0.39, 0.29) is 18.1 Å². The van der Waals surface area contributed by atoms with E-state index in [2.05, 4.69) is 10.2 Å². The maximum absolute atomic E-state index is 12.9. The van der Waals surface area contributed by atoms with Crippen LogP contribution in [0.3, 0.4) is 0 Å². The molecule has 0 spiro atoms. The first-order valence-electron chi connectivity index (χ1n) is 7.80. The molecule has 3 aliphatic rings. The summed E-state index contributed by atoms with van der Waals surface area (Å²) in [6, 6.07) is 0.471. The molecule has 0 aromatic carbocycles. The zero-order valence-electron chi connectivity index (χ0n) is 12.0. The molecule has 7 nitrogen and oxygen atoms in total. The van der Waals surface area contributed by atoms with Crippen molar-refractivity contribution in [1.82, 2.24) is 23.6 Å². The Morgan fingerprint density at radius 1 is 0.905 bits per heavy atom. The van der Waals surface area contributed by atoms with Gasteiger partial charge in [-0.1, -0.05) is 0 Å². The van der Waals surface area contributed by atoms with E-state index in [1.54, 1.807) is 25.8 Å². The predicted molar refractivity (Wildman–Crippen MR) is 76.7 cm³/mol. The summed E-state index contributed by atoms with van der Waals surface area (Å²) in [4.78, 5) is 1.76. The second kappa shape index (κ2) is 5.03. The van der Waals surface area contributed by atoms with Gasteiger partial charge in [0.2, 0.25) is 0 Å². The van der Waals surface area contributed by atoms with Crippen LogP contribution < -0.4 is 0 Å². The van der Waals surface area contributed by atoms with Crippen LogP contribution in [0, 0.1) is 0 Å². The second-order valence-corrected chi connectivity index (χ2v) is 8.14. The number of nitrogens with zero attached hydrogens (tertiary/aromatic N) is 5. The average Bonchev–Trinajstić information content (AvgIpc) is 3.18. The van der Waals surface area contributed by atoms with Crippen LogP contribution in [-0.2, 0) is 10.2 Å². The summed E-state index contributed by atoms with van der Waals surface area (Å²) in [5.74, 6) is 0. The van der Waals surface area contributed by atoms with E-state index < -0.39 is 10.2 Å². The van der Waals surface area contributed by atoms with Gasteiger partial charge in [-0.2, -0.15) is 32.0 Å². The summed E-state index contributed by atoms with van der Waals surface area (Å²) in [6.45, 7) is 1.37. The first kappa shape index (κ1) is 13.7. The Kier molecular flexibility index (Phi) is 3.27.